The van der Waals surface area contributed by atoms with Crippen LogP contribution in [0.25, 0.3) is 17.0 Å². The minimum absolute atomic E-state index is 0.0727. The Labute approximate surface area is 190 Å². The van der Waals surface area contributed by atoms with E-state index in [2.05, 4.69) is 10.3 Å². The topological polar surface area (TPSA) is 82.3 Å². The number of nitrogens with zero attached hydrogens (tertiary/aromatic N) is 1. The van der Waals surface area contributed by atoms with Gasteiger partial charge in [-0.25, -0.2) is 0 Å². The number of aromatic nitrogens is 1. The standard InChI is InChI=1S/C25H23N3O3S/c29-23(26-15-13-19-17-27-21-11-5-4-10-20(19)21)14-16-28-24(30)22(32-25(28)31)12-6-9-18-7-2-1-3-8-18/h1-12,17,27H,13-16H2,(H,26,29). The van der Waals surface area contributed by atoms with Gasteiger partial charge in [-0.3, -0.25) is 19.3 Å². The molecule has 0 radical (unpaired) electrons. The van der Waals surface area contributed by atoms with Crippen LogP contribution in [0.5, 0.6) is 0 Å². The maximum absolute atomic E-state index is 12.5. The van der Waals surface area contributed by atoms with Crippen LogP contribution in [0.3, 0.4) is 0 Å². The molecule has 1 fully saturated rings. The molecule has 0 unspecified atom stereocenters. The molecule has 7 heteroatoms. The fraction of sp³-hybridized carbons (Fsp3) is 0.160. The van der Waals surface area contributed by atoms with Crippen LogP contribution in [-0.2, 0) is 16.0 Å². The summed E-state index contributed by atoms with van der Waals surface area (Å²) in [6.07, 6.45) is 8.00. The summed E-state index contributed by atoms with van der Waals surface area (Å²) in [5.41, 5.74) is 3.22. The monoisotopic (exact) mass is 445 g/mol. The second kappa shape index (κ2) is 10.2. The van der Waals surface area contributed by atoms with E-state index in [1.807, 2.05) is 66.9 Å². The quantitative estimate of drug-likeness (QED) is 0.500. The van der Waals surface area contributed by atoms with Gasteiger partial charge in [0.15, 0.2) is 0 Å². The van der Waals surface area contributed by atoms with Gasteiger partial charge < -0.3 is 10.3 Å². The van der Waals surface area contributed by atoms with Crippen molar-refractivity contribution in [3.63, 3.8) is 0 Å². The molecule has 4 rings (SSSR count). The summed E-state index contributed by atoms with van der Waals surface area (Å²) in [4.78, 5) is 41.6. The molecule has 6 nitrogen and oxygen atoms in total. The highest BCUT2D eigenvalue weighted by molar-refractivity contribution is 8.18. The molecule has 32 heavy (non-hydrogen) atoms. The maximum atomic E-state index is 12.5. The van der Waals surface area contributed by atoms with E-state index in [0.717, 1.165) is 38.7 Å². The Kier molecular flexibility index (Phi) is 6.87. The van der Waals surface area contributed by atoms with Crippen LogP contribution in [0.1, 0.15) is 17.5 Å². The SMILES string of the molecule is O=C(CCN1C(=O)SC(=CC=Cc2ccccc2)C1=O)NCCc1c[nH]c2ccccc12. The Morgan fingerprint density at radius 1 is 1.06 bits per heavy atom. The summed E-state index contributed by atoms with van der Waals surface area (Å²) >= 11 is 0.898. The predicted octanol–water partition coefficient (Wildman–Crippen LogP) is 4.51. The van der Waals surface area contributed by atoms with Gasteiger partial charge in [-0.2, -0.15) is 0 Å². The smallest absolute Gasteiger partial charge is 0.293 e. The first-order valence-corrected chi connectivity index (χ1v) is 11.2. The van der Waals surface area contributed by atoms with Crippen molar-refractivity contribution in [1.29, 1.82) is 0 Å². The number of hydrogen-bond acceptors (Lipinski definition) is 4. The minimum Gasteiger partial charge on any atom is -0.361 e. The summed E-state index contributed by atoms with van der Waals surface area (Å²) in [6.45, 7) is 0.566. The van der Waals surface area contributed by atoms with Gasteiger partial charge in [0.1, 0.15) is 0 Å². The third kappa shape index (κ3) is 5.18. The minimum atomic E-state index is -0.357. The van der Waals surface area contributed by atoms with Crippen LogP contribution in [0.15, 0.2) is 77.9 Å². The normalized spacial score (nSPS) is 15.4. The largest absolute Gasteiger partial charge is 0.361 e. The molecule has 0 saturated carbocycles. The number of para-hydroxylation sites is 1. The Morgan fingerprint density at radius 2 is 1.84 bits per heavy atom. The van der Waals surface area contributed by atoms with Crippen molar-refractivity contribution in [2.45, 2.75) is 12.8 Å². The van der Waals surface area contributed by atoms with Crippen LogP contribution < -0.4 is 5.32 Å². The molecule has 1 aliphatic rings. The number of hydrogen-bond donors (Lipinski definition) is 2. The molecule has 2 aromatic carbocycles. The number of thioether (sulfide) groups is 1. The van der Waals surface area contributed by atoms with E-state index >= 15 is 0 Å². The zero-order chi connectivity index (χ0) is 22.3. The van der Waals surface area contributed by atoms with Crippen LogP contribution in [0.4, 0.5) is 4.79 Å². The van der Waals surface area contributed by atoms with Crippen molar-refractivity contribution >= 4 is 45.8 Å². The van der Waals surface area contributed by atoms with Crippen LogP contribution in [0.2, 0.25) is 0 Å². The zero-order valence-corrected chi connectivity index (χ0v) is 18.2. The summed E-state index contributed by atoms with van der Waals surface area (Å²) in [7, 11) is 0. The first-order chi connectivity index (χ1) is 15.6. The number of fused-ring (bicyclic) bond motifs is 1. The fourth-order valence-electron chi connectivity index (χ4n) is 3.49. The lowest BCUT2D eigenvalue weighted by molar-refractivity contribution is -0.124. The van der Waals surface area contributed by atoms with Crippen LogP contribution in [0, 0.1) is 0 Å². The van der Waals surface area contributed by atoms with Crippen molar-refractivity contribution in [3.8, 4) is 0 Å². The number of rotatable bonds is 8. The van der Waals surface area contributed by atoms with Gasteiger partial charge in [-0.15, -0.1) is 0 Å². The van der Waals surface area contributed by atoms with E-state index in [1.165, 1.54) is 0 Å². The lowest BCUT2D eigenvalue weighted by Crippen LogP contribution is -2.34. The number of nitrogens with one attached hydrogen (secondary N) is 2. The highest BCUT2D eigenvalue weighted by Gasteiger charge is 2.34. The molecule has 1 aliphatic heterocycles. The molecular weight excluding hydrogens is 422 g/mol. The molecule has 2 heterocycles. The van der Waals surface area contributed by atoms with E-state index in [1.54, 1.807) is 12.2 Å². The molecule has 1 aromatic heterocycles. The molecule has 0 atom stereocenters. The van der Waals surface area contributed by atoms with Gasteiger partial charge in [0, 0.05) is 36.6 Å². The van der Waals surface area contributed by atoms with Gasteiger partial charge in [0.05, 0.1) is 4.91 Å². The Hall–Kier alpha value is -3.58. The molecule has 0 aliphatic carbocycles. The lowest BCUT2D eigenvalue weighted by atomic mass is 10.1. The highest BCUT2D eigenvalue weighted by Crippen LogP contribution is 2.30. The average molecular weight is 446 g/mol. The van der Waals surface area contributed by atoms with Crippen LogP contribution in [-0.4, -0.2) is 40.0 Å². The third-order valence-electron chi connectivity index (χ3n) is 5.16. The van der Waals surface area contributed by atoms with Crippen molar-refractivity contribution in [2.75, 3.05) is 13.1 Å². The van der Waals surface area contributed by atoms with E-state index in [-0.39, 0.29) is 30.0 Å². The van der Waals surface area contributed by atoms with E-state index in [9.17, 15) is 14.4 Å². The number of amides is 3. The van der Waals surface area contributed by atoms with Crippen LogP contribution >= 0.6 is 11.8 Å². The number of allylic oxidation sites excluding steroid dienone is 2. The first kappa shape index (κ1) is 21.6. The number of benzene rings is 2. The summed E-state index contributed by atoms with van der Waals surface area (Å²) in [6, 6.07) is 17.7. The summed E-state index contributed by atoms with van der Waals surface area (Å²) in [5.74, 6) is -0.541. The first-order valence-electron chi connectivity index (χ1n) is 10.4. The second-order valence-corrected chi connectivity index (χ2v) is 8.33. The lowest BCUT2D eigenvalue weighted by Gasteiger charge is -2.12. The zero-order valence-electron chi connectivity index (χ0n) is 17.4. The Bertz CT molecular complexity index is 1200. The van der Waals surface area contributed by atoms with Gasteiger partial charge in [0.2, 0.25) is 5.91 Å². The van der Waals surface area contributed by atoms with E-state index < -0.39 is 0 Å². The third-order valence-corrected chi connectivity index (χ3v) is 6.09. The van der Waals surface area contributed by atoms with Crippen molar-refractivity contribution in [3.05, 3.63) is 89.0 Å². The van der Waals surface area contributed by atoms with Crippen molar-refractivity contribution in [2.24, 2.45) is 0 Å². The maximum Gasteiger partial charge on any atom is 0.293 e. The number of aromatic amines is 1. The van der Waals surface area contributed by atoms with Crippen molar-refractivity contribution < 1.29 is 14.4 Å². The Morgan fingerprint density at radius 3 is 2.69 bits per heavy atom. The summed E-state index contributed by atoms with van der Waals surface area (Å²) in [5, 5.41) is 3.67. The average Bonchev–Trinajstić information content (AvgIpc) is 3.33. The molecule has 1 saturated heterocycles. The predicted molar refractivity (Wildman–Crippen MR) is 128 cm³/mol. The second-order valence-electron chi connectivity index (χ2n) is 7.33. The molecule has 162 valence electrons. The number of carbonyl (C=O) groups excluding carboxylic acids is 3. The van der Waals surface area contributed by atoms with E-state index in [0.29, 0.717) is 17.9 Å². The molecule has 0 bridgehead atoms. The highest BCUT2D eigenvalue weighted by atomic mass is 32.2. The number of imide groups is 1. The molecule has 3 aromatic rings. The molecular formula is C25H23N3O3S. The van der Waals surface area contributed by atoms with E-state index in [4.69, 9.17) is 0 Å². The van der Waals surface area contributed by atoms with Gasteiger partial charge in [-0.05, 0) is 41.5 Å². The van der Waals surface area contributed by atoms with Gasteiger partial charge in [0.25, 0.3) is 11.1 Å². The molecule has 3 amide bonds. The molecule has 0 spiro atoms. The van der Waals surface area contributed by atoms with Gasteiger partial charge >= 0.3 is 0 Å². The summed E-state index contributed by atoms with van der Waals surface area (Å²) < 4.78 is 0. The Balaban J connectivity index is 1.24. The molecule has 2 N–H and O–H groups in total. The number of carbonyl (C=O) groups is 3. The fourth-order valence-corrected chi connectivity index (χ4v) is 4.31. The van der Waals surface area contributed by atoms with Crippen molar-refractivity contribution in [1.82, 2.24) is 15.2 Å². The number of H-pyrrole nitrogens is 1. The van der Waals surface area contributed by atoms with Gasteiger partial charge in [-0.1, -0.05) is 60.7 Å².